The van der Waals surface area contributed by atoms with Crippen LogP contribution in [0.5, 0.6) is 0 Å². The van der Waals surface area contributed by atoms with Gasteiger partial charge in [-0.3, -0.25) is 52.9 Å². The van der Waals surface area contributed by atoms with Gasteiger partial charge in [-0.05, 0) is 112 Å². The zero-order valence-electron chi connectivity index (χ0n) is 40.3. The first-order valence-corrected chi connectivity index (χ1v) is 24.6. The van der Waals surface area contributed by atoms with E-state index in [2.05, 4.69) is 43.3 Å². The van der Waals surface area contributed by atoms with E-state index < -0.39 is 23.6 Å². The van der Waals surface area contributed by atoms with Gasteiger partial charge in [-0.15, -0.1) is 0 Å². The number of likely N-dealkylation sites (tertiary alicyclic amines) is 2. The Hall–Kier alpha value is -6.50. The minimum absolute atomic E-state index is 0.0524. The van der Waals surface area contributed by atoms with E-state index in [1.165, 1.54) is 16.7 Å². The highest BCUT2D eigenvalue weighted by molar-refractivity contribution is 6.00. The summed E-state index contributed by atoms with van der Waals surface area (Å²) >= 11 is 0. The maximum atomic E-state index is 15.9. The maximum Gasteiger partial charge on any atom is 0.329 e. The molecule has 0 bridgehead atoms. The van der Waals surface area contributed by atoms with Gasteiger partial charge in [0.1, 0.15) is 23.3 Å². The second-order valence-corrected chi connectivity index (χ2v) is 19.9. The molecule has 4 aliphatic rings. The Morgan fingerprint density at radius 1 is 0.814 bits per heavy atom. The molecule has 2 aromatic carbocycles. The molecule has 0 aliphatic carbocycles. The van der Waals surface area contributed by atoms with E-state index in [0.717, 1.165) is 84.7 Å². The fraction of sp³-hybridized carbons (Fsp3) is 0.462. The van der Waals surface area contributed by atoms with Crippen molar-refractivity contribution in [3.63, 3.8) is 0 Å². The van der Waals surface area contributed by atoms with E-state index in [1.54, 1.807) is 46.6 Å². The highest BCUT2D eigenvalue weighted by atomic mass is 19.1. The van der Waals surface area contributed by atoms with Crippen LogP contribution in [0.15, 0.2) is 76.6 Å². The van der Waals surface area contributed by atoms with Crippen molar-refractivity contribution in [1.29, 1.82) is 0 Å². The van der Waals surface area contributed by atoms with Crippen LogP contribution >= 0.6 is 0 Å². The predicted molar refractivity (Wildman–Crippen MR) is 263 cm³/mol. The SMILES string of the molecule is CNc1ccn(-c2ccnc3c2cc(CN2CCC(c4c(F)cc(C(=O)N5CCC(CN6CCN(Cc7ccc8c(c7)n(C)c(=O)n8C7CCC(=O)NC7=O)C[C@@H]6C)CC5)cc4F)CC2)n3C)c(=O)c1. The number of amides is 3. The van der Waals surface area contributed by atoms with Gasteiger partial charge in [-0.25, -0.2) is 18.6 Å². The van der Waals surface area contributed by atoms with Gasteiger partial charge in [-0.2, -0.15) is 0 Å². The lowest BCUT2D eigenvalue weighted by molar-refractivity contribution is -0.135. The Bertz CT molecular complexity index is 3100. The number of imide groups is 1. The van der Waals surface area contributed by atoms with Gasteiger partial charge >= 0.3 is 5.69 Å². The van der Waals surface area contributed by atoms with Crippen molar-refractivity contribution in [2.24, 2.45) is 20.0 Å². The van der Waals surface area contributed by atoms with Crippen LogP contribution in [0.3, 0.4) is 0 Å². The number of carbonyl (C=O) groups excluding carboxylic acids is 3. The van der Waals surface area contributed by atoms with Crippen LogP contribution in [0.4, 0.5) is 14.5 Å². The van der Waals surface area contributed by atoms with Crippen LogP contribution in [0, 0.1) is 17.6 Å². The quantitative estimate of drug-likeness (QED) is 0.168. The average molecular weight is 958 g/mol. The molecule has 8 heterocycles. The van der Waals surface area contributed by atoms with Crippen molar-refractivity contribution in [3.8, 4) is 5.69 Å². The molecule has 4 saturated heterocycles. The second-order valence-electron chi connectivity index (χ2n) is 19.9. The number of nitrogens with zero attached hydrogens (tertiary/aromatic N) is 9. The molecule has 4 fully saturated rings. The van der Waals surface area contributed by atoms with Crippen molar-refractivity contribution in [2.75, 3.05) is 64.7 Å². The largest absolute Gasteiger partial charge is 0.388 e. The molecule has 4 aliphatic heterocycles. The Kier molecular flexibility index (Phi) is 13.1. The summed E-state index contributed by atoms with van der Waals surface area (Å²) in [5.74, 6) is -2.33. The standard InChI is InChI=1S/C52H61F2N11O5/c1-32-28-61(29-34-5-6-43-45(23-34)59(4)52(70)65(43)44-7-8-46(66)57-50(44)68)21-22-63(32)30-33-10-18-62(19-11-33)51(69)36-24-40(53)48(41(54)25-36)35-12-16-60(17-13-35)31-38-27-39-42(9-15-56-49(39)58(38)3)64-20-14-37(55-2)26-47(64)67/h5-6,9,14-15,20,23-27,32-33,35,44,55H,7-8,10-13,16-19,21-22,28-31H2,1-4H3,(H,57,66,68)/t32-,44?/m0/s1. The van der Waals surface area contributed by atoms with Crippen LogP contribution in [-0.2, 0) is 36.8 Å². The summed E-state index contributed by atoms with van der Waals surface area (Å²) in [4.78, 5) is 77.8. The summed E-state index contributed by atoms with van der Waals surface area (Å²) in [6.07, 6.45) is 6.74. The number of piperazine rings is 1. The number of nitrogens with one attached hydrogen (secondary N) is 2. The van der Waals surface area contributed by atoms with E-state index in [-0.39, 0.29) is 46.5 Å². The maximum absolute atomic E-state index is 15.9. The molecule has 18 heteroatoms. The predicted octanol–water partition coefficient (Wildman–Crippen LogP) is 5.11. The van der Waals surface area contributed by atoms with Crippen LogP contribution in [0.2, 0.25) is 0 Å². The summed E-state index contributed by atoms with van der Waals surface area (Å²) in [6.45, 7) is 9.53. The van der Waals surface area contributed by atoms with Gasteiger partial charge in [-0.1, -0.05) is 6.07 Å². The first-order chi connectivity index (χ1) is 33.7. The molecule has 6 aromatic rings. The molecule has 3 amide bonds. The summed E-state index contributed by atoms with van der Waals surface area (Å²) < 4.78 is 38.5. The number of anilines is 1. The topological polar surface area (TPSA) is 155 Å². The molecule has 16 nitrogen and oxygen atoms in total. The number of aryl methyl sites for hydroxylation is 2. The van der Waals surface area contributed by atoms with Crippen LogP contribution in [0.25, 0.3) is 27.8 Å². The third-order valence-electron chi connectivity index (χ3n) is 15.5. The zero-order valence-corrected chi connectivity index (χ0v) is 40.3. The number of benzene rings is 2. The number of pyridine rings is 2. The average Bonchev–Trinajstić information content (AvgIpc) is 3.80. The molecule has 1 unspecified atom stereocenters. The fourth-order valence-corrected chi connectivity index (χ4v) is 11.5. The highest BCUT2D eigenvalue weighted by Gasteiger charge is 2.34. The Labute approximate surface area is 404 Å². The third-order valence-corrected chi connectivity index (χ3v) is 15.5. The van der Waals surface area contributed by atoms with E-state index in [4.69, 9.17) is 0 Å². The molecule has 2 N–H and O–H groups in total. The molecule has 0 saturated carbocycles. The lowest BCUT2D eigenvalue weighted by atomic mass is 9.87. The molecule has 10 rings (SSSR count). The third kappa shape index (κ3) is 9.07. The number of fused-ring (bicyclic) bond motifs is 2. The van der Waals surface area contributed by atoms with Gasteiger partial charge in [0.25, 0.3) is 11.5 Å². The van der Waals surface area contributed by atoms with Gasteiger partial charge in [0.2, 0.25) is 11.8 Å². The Morgan fingerprint density at radius 3 is 2.27 bits per heavy atom. The van der Waals surface area contributed by atoms with Crippen molar-refractivity contribution in [3.05, 3.63) is 122 Å². The molecule has 0 radical (unpaired) electrons. The minimum atomic E-state index is -0.719. The summed E-state index contributed by atoms with van der Waals surface area (Å²) in [5, 5.41) is 6.23. The molecular formula is C52H61F2N11O5. The van der Waals surface area contributed by atoms with Crippen molar-refractivity contribution < 1.29 is 23.2 Å². The highest BCUT2D eigenvalue weighted by Crippen LogP contribution is 2.35. The number of aromatic nitrogens is 5. The number of hydrogen-bond acceptors (Lipinski definition) is 10. The lowest BCUT2D eigenvalue weighted by Gasteiger charge is -2.42. The van der Waals surface area contributed by atoms with Crippen molar-refractivity contribution in [1.82, 2.24) is 48.2 Å². The molecule has 0 spiro atoms. The van der Waals surface area contributed by atoms with Gasteiger partial charge in [0.05, 0.1) is 16.7 Å². The van der Waals surface area contributed by atoms with Gasteiger partial charge in [0, 0.05) is 132 Å². The molecule has 70 heavy (non-hydrogen) atoms. The number of hydrogen-bond donors (Lipinski definition) is 2. The van der Waals surface area contributed by atoms with E-state index in [9.17, 15) is 24.0 Å². The first-order valence-electron chi connectivity index (χ1n) is 24.6. The van der Waals surface area contributed by atoms with Crippen LogP contribution in [0.1, 0.15) is 84.6 Å². The summed E-state index contributed by atoms with van der Waals surface area (Å²) in [5.41, 5.74) is 5.46. The summed E-state index contributed by atoms with van der Waals surface area (Å²) in [7, 11) is 5.44. The van der Waals surface area contributed by atoms with Crippen LogP contribution < -0.4 is 21.9 Å². The molecule has 4 aromatic heterocycles. The van der Waals surface area contributed by atoms with E-state index in [0.29, 0.717) is 69.5 Å². The number of halogens is 2. The fourth-order valence-electron chi connectivity index (χ4n) is 11.5. The van der Waals surface area contributed by atoms with E-state index in [1.807, 2.05) is 41.9 Å². The molecule has 2 atom stereocenters. The van der Waals surface area contributed by atoms with Crippen molar-refractivity contribution in [2.45, 2.75) is 76.5 Å². The molecular weight excluding hydrogens is 897 g/mol. The number of imidazole rings is 1. The zero-order chi connectivity index (χ0) is 49.0. The second kappa shape index (κ2) is 19.4. The number of rotatable bonds is 11. The first kappa shape index (κ1) is 47.2. The van der Waals surface area contributed by atoms with Crippen LogP contribution in [-0.4, -0.2) is 126 Å². The number of carbonyl (C=O) groups is 3. The van der Waals surface area contributed by atoms with Gasteiger partial charge in [0.15, 0.2) is 0 Å². The summed E-state index contributed by atoms with van der Waals surface area (Å²) in [6, 6.07) is 15.3. The minimum Gasteiger partial charge on any atom is -0.388 e. The van der Waals surface area contributed by atoms with Crippen molar-refractivity contribution >= 4 is 45.5 Å². The number of piperidine rings is 3. The van der Waals surface area contributed by atoms with Gasteiger partial charge < -0.3 is 14.8 Å². The monoisotopic (exact) mass is 957 g/mol. The lowest BCUT2D eigenvalue weighted by Crippen LogP contribution is -2.53. The van der Waals surface area contributed by atoms with E-state index >= 15 is 8.78 Å². The smallest absolute Gasteiger partial charge is 0.329 e. The molecule has 368 valence electrons. The normalized spacial score (nSPS) is 20.5. The Morgan fingerprint density at radius 2 is 1.57 bits per heavy atom. The Balaban J connectivity index is 0.698.